The van der Waals surface area contributed by atoms with Crippen LogP contribution >= 0.6 is 23.1 Å². The van der Waals surface area contributed by atoms with Gasteiger partial charge in [-0.05, 0) is 50.3 Å². The molecule has 0 aromatic carbocycles. The number of nitrogens with zero attached hydrogens (tertiary/aromatic N) is 3. The first-order valence-electron chi connectivity index (χ1n) is 7.28. The third kappa shape index (κ3) is 4.56. The third-order valence-electron chi connectivity index (χ3n) is 3.13. The summed E-state index contributed by atoms with van der Waals surface area (Å²) in [5.41, 5.74) is 7.45. The zero-order valence-electron chi connectivity index (χ0n) is 13.2. The number of nitrogen functional groups attached to an aromatic ring is 1. The van der Waals surface area contributed by atoms with Crippen molar-refractivity contribution < 1.29 is 0 Å². The Labute approximate surface area is 135 Å². The average molecular weight is 325 g/mol. The van der Waals surface area contributed by atoms with Gasteiger partial charge in [0.1, 0.15) is 10.6 Å². The molecule has 0 spiro atoms. The molecule has 4 nitrogen and oxygen atoms in total. The molecule has 2 N–H and O–H groups in total. The minimum Gasteiger partial charge on any atom is -0.383 e. The summed E-state index contributed by atoms with van der Waals surface area (Å²) in [6.07, 6.45) is 2.16. The Kier molecular flexibility index (Phi) is 5.84. The molecule has 21 heavy (non-hydrogen) atoms. The number of hydrogen-bond donors (Lipinski definition) is 1. The van der Waals surface area contributed by atoms with E-state index in [1.54, 1.807) is 23.1 Å². The second-order valence-electron chi connectivity index (χ2n) is 5.94. The molecule has 0 aliphatic carbocycles. The molecule has 0 unspecified atom stereocenters. The van der Waals surface area contributed by atoms with Crippen LogP contribution in [-0.4, -0.2) is 41.3 Å². The SMILES string of the molecule is CC(C)Cc1csc2nc(SCCCN(C)C)nc(N)c12. The van der Waals surface area contributed by atoms with E-state index in [1.807, 2.05) is 0 Å². The van der Waals surface area contributed by atoms with Gasteiger partial charge in [-0.25, -0.2) is 9.97 Å². The molecule has 6 heteroatoms. The molecule has 0 saturated carbocycles. The lowest BCUT2D eigenvalue weighted by atomic mass is 10.0. The number of thioether (sulfide) groups is 1. The molecule has 0 bridgehead atoms. The molecule has 2 aromatic heterocycles. The molecule has 0 amide bonds. The normalized spacial score (nSPS) is 11.9. The first kappa shape index (κ1) is 16.5. The van der Waals surface area contributed by atoms with E-state index in [9.17, 15) is 0 Å². The van der Waals surface area contributed by atoms with Gasteiger partial charge >= 0.3 is 0 Å². The van der Waals surface area contributed by atoms with Crippen molar-refractivity contribution in [3.05, 3.63) is 10.9 Å². The van der Waals surface area contributed by atoms with E-state index in [1.165, 1.54) is 5.56 Å². The Morgan fingerprint density at radius 2 is 2.10 bits per heavy atom. The fourth-order valence-corrected chi connectivity index (χ4v) is 4.00. The Balaban J connectivity index is 2.10. The second kappa shape index (κ2) is 7.42. The quantitative estimate of drug-likeness (QED) is 0.480. The van der Waals surface area contributed by atoms with E-state index >= 15 is 0 Å². The van der Waals surface area contributed by atoms with Crippen LogP contribution in [-0.2, 0) is 6.42 Å². The molecular weight excluding hydrogens is 300 g/mol. The summed E-state index contributed by atoms with van der Waals surface area (Å²) in [7, 11) is 4.18. The predicted octanol–water partition coefficient (Wildman–Crippen LogP) is 3.52. The van der Waals surface area contributed by atoms with Crippen LogP contribution in [0, 0.1) is 5.92 Å². The fraction of sp³-hybridized carbons (Fsp3) is 0.600. The van der Waals surface area contributed by atoms with Gasteiger partial charge in [0.15, 0.2) is 5.16 Å². The van der Waals surface area contributed by atoms with Crippen molar-refractivity contribution in [3.8, 4) is 0 Å². The summed E-state index contributed by atoms with van der Waals surface area (Å²) < 4.78 is 0. The summed E-state index contributed by atoms with van der Waals surface area (Å²) in [6.45, 7) is 5.52. The number of fused-ring (bicyclic) bond motifs is 1. The number of nitrogens with two attached hydrogens (primary N) is 1. The van der Waals surface area contributed by atoms with Crippen LogP contribution < -0.4 is 5.73 Å². The van der Waals surface area contributed by atoms with E-state index in [0.717, 1.165) is 40.5 Å². The average Bonchev–Trinajstić information content (AvgIpc) is 2.77. The minimum atomic E-state index is 0.613. The van der Waals surface area contributed by atoms with Gasteiger partial charge in [-0.1, -0.05) is 25.6 Å². The molecule has 116 valence electrons. The predicted molar refractivity (Wildman–Crippen MR) is 94.3 cm³/mol. The van der Waals surface area contributed by atoms with Crippen LogP contribution in [0.15, 0.2) is 10.5 Å². The van der Waals surface area contributed by atoms with Gasteiger partial charge in [-0.15, -0.1) is 11.3 Å². The van der Waals surface area contributed by atoms with Crippen molar-refractivity contribution in [1.82, 2.24) is 14.9 Å². The molecule has 2 aromatic rings. The van der Waals surface area contributed by atoms with Crippen LogP contribution in [0.25, 0.3) is 10.2 Å². The summed E-state index contributed by atoms with van der Waals surface area (Å²) in [5, 5.41) is 4.04. The fourth-order valence-electron chi connectivity index (χ4n) is 2.21. The smallest absolute Gasteiger partial charge is 0.190 e. The molecule has 0 radical (unpaired) electrons. The van der Waals surface area contributed by atoms with Crippen molar-refractivity contribution >= 4 is 39.1 Å². The van der Waals surface area contributed by atoms with Gasteiger partial charge in [0.2, 0.25) is 0 Å². The second-order valence-corrected chi connectivity index (χ2v) is 7.86. The Morgan fingerprint density at radius 1 is 1.33 bits per heavy atom. The van der Waals surface area contributed by atoms with Crippen molar-refractivity contribution in [2.24, 2.45) is 5.92 Å². The monoisotopic (exact) mass is 324 g/mol. The molecule has 0 atom stereocenters. The number of thiophene rings is 1. The number of rotatable bonds is 7. The summed E-state index contributed by atoms with van der Waals surface area (Å²) in [6, 6.07) is 0. The van der Waals surface area contributed by atoms with Crippen molar-refractivity contribution in [2.75, 3.05) is 32.1 Å². The van der Waals surface area contributed by atoms with Crippen LogP contribution in [0.5, 0.6) is 0 Å². The Bertz CT molecular complexity index is 593. The topological polar surface area (TPSA) is 55.0 Å². The van der Waals surface area contributed by atoms with Crippen LogP contribution in [0.2, 0.25) is 0 Å². The van der Waals surface area contributed by atoms with E-state index < -0.39 is 0 Å². The van der Waals surface area contributed by atoms with Gasteiger partial charge in [0.05, 0.1) is 5.39 Å². The van der Waals surface area contributed by atoms with Crippen molar-refractivity contribution in [1.29, 1.82) is 0 Å². The highest BCUT2D eigenvalue weighted by Gasteiger charge is 2.13. The molecule has 2 rings (SSSR count). The highest BCUT2D eigenvalue weighted by Crippen LogP contribution is 2.31. The summed E-state index contributed by atoms with van der Waals surface area (Å²) in [5.74, 6) is 2.27. The maximum absolute atomic E-state index is 6.16. The first-order valence-corrected chi connectivity index (χ1v) is 9.15. The summed E-state index contributed by atoms with van der Waals surface area (Å²) in [4.78, 5) is 12.4. The molecule has 2 heterocycles. The lowest BCUT2D eigenvalue weighted by Gasteiger charge is -2.08. The number of anilines is 1. The zero-order chi connectivity index (χ0) is 15.4. The van der Waals surface area contributed by atoms with Crippen LogP contribution in [0.3, 0.4) is 0 Å². The van der Waals surface area contributed by atoms with Gasteiger partial charge < -0.3 is 10.6 Å². The van der Waals surface area contributed by atoms with Crippen molar-refractivity contribution in [3.63, 3.8) is 0 Å². The third-order valence-corrected chi connectivity index (χ3v) is 4.98. The maximum Gasteiger partial charge on any atom is 0.190 e. The van der Waals surface area contributed by atoms with Gasteiger partial charge in [-0.3, -0.25) is 0 Å². The zero-order valence-corrected chi connectivity index (χ0v) is 14.9. The van der Waals surface area contributed by atoms with E-state index in [-0.39, 0.29) is 0 Å². The minimum absolute atomic E-state index is 0.613. The molecule has 0 aliphatic rings. The highest BCUT2D eigenvalue weighted by molar-refractivity contribution is 7.99. The maximum atomic E-state index is 6.16. The van der Waals surface area contributed by atoms with Crippen molar-refractivity contribution in [2.45, 2.75) is 31.8 Å². The number of aromatic nitrogens is 2. The molecule has 0 saturated heterocycles. The first-order chi connectivity index (χ1) is 9.97. The molecule has 0 fully saturated rings. The Hall–Kier alpha value is -0.850. The van der Waals surface area contributed by atoms with Gasteiger partial charge in [-0.2, -0.15) is 0 Å². The molecule has 0 aliphatic heterocycles. The lowest BCUT2D eigenvalue weighted by molar-refractivity contribution is 0.410. The molecular formula is C15H24N4S2. The van der Waals surface area contributed by atoms with Crippen LogP contribution in [0.4, 0.5) is 5.82 Å². The standard InChI is InChI=1S/C15H24N4S2/c1-10(2)8-11-9-21-14-12(11)13(16)17-15(18-14)20-7-5-6-19(3)4/h9-10H,5-8H2,1-4H3,(H2,16,17,18). The Morgan fingerprint density at radius 3 is 2.76 bits per heavy atom. The van der Waals surface area contributed by atoms with Gasteiger partial charge in [0, 0.05) is 5.75 Å². The van der Waals surface area contributed by atoms with Gasteiger partial charge in [0.25, 0.3) is 0 Å². The van der Waals surface area contributed by atoms with Crippen LogP contribution in [0.1, 0.15) is 25.8 Å². The van der Waals surface area contributed by atoms with E-state index in [4.69, 9.17) is 5.73 Å². The largest absolute Gasteiger partial charge is 0.383 e. The summed E-state index contributed by atoms with van der Waals surface area (Å²) >= 11 is 3.37. The highest BCUT2D eigenvalue weighted by atomic mass is 32.2. The van der Waals surface area contributed by atoms with E-state index in [0.29, 0.717) is 11.7 Å². The van der Waals surface area contributed by atoms with E-state index in [2.05, 4.69) is 48.2 Å². The lowest BCUT2D eigenvalue weighted by Crippen LogP contribution is -2.13. The number of hydrogen-bond acceptors (Lipinski definition) is 6.